The molecule has 1 fully saturated rings. The lowest BCUT2D eigenvalue weighted by atomic mass is 10.1. The van der Waals surface area contributed by atoms with Gasteiger partial charge in [-0.2, -0.15) is 0 Å². The topological polar surface area (TPSA) is 84.9 Å². The van der Waals surface area contributed by atoms with Crippen LogP contribution in [-0.2, 0) is 19.1 Å². The van der Waals surface area contributed by atoms with E-state index in [0.717, 1.165) is 25.7 Å². The molecule has 0 unspecified atom stereocenters. The Morgan fingerprint density at radius 2 is 1.82 bits per heavy atom. The quantitative estimate of drug-likeness (QED) is 0.633. The average Bonchev–Trinajstić information content (AvgIpc) is 2.95. The molecule has 0 aromatic heterocycles. The van der Waals surface area contributed by atoms with Crippen LogP contribution in [0.4, 0.5) is 5.69 Å². The maximum absolute atomic E-state index is 12.6. The van der Waals surface area contributed by atoms with Crippen molar-refractivity contribution in [2.45, 2.75) is 70.6 Å². The second-order valence-corrected chi connectivity index (χ2v) is 7.48. The molecule has 1 aromatic rings. The third-order valence-corrected chi connectivity index (χ3v) is 5.28. The summed E-state index contributed by atoms with van der Waals surface area (Å²) in [5.74, 6) is -0.682. The van der Waals surface area contributed by atoms with Gasteiger partial charge in [-0.05, 0) is 31.9 Å². The molecule has 1 heterocycles. The van der Waals surface area contributed by atoms with E-state index in [1.807, 2.05) is 0 Å². The van der Waals surface area contributed by atoms with E-state index < -0.39 is 18.2 Å². The maximum Gasteiger partial charge on any atom is 0.350 e. The molecule has 1 aliphatic heterocycles. The van der Waals surface area contributed by atoms with Crippen molar-refractivity contribution < 1.29 is 23.9 Å². The lowest BCUT2D eigenvalue weighted by Gasteiger charge is -2.33. The molecule has 7 heteroatoms. The van der Waals surface area contributed by atoms with Gasteiger partial charge in [-0.3, -0.25) is 9.59 Å². The number of hydrogen-bond acceptors (Lipinski definition) is 5. The Labute approximate surface area is 165 Å². The minimum Gasteiger partial charge on any atom is -0.475 e. The Kier molecular flexibility index (Phi) is 6.54. The van der Waals surface area contributed by atoms with Crippen LogP contribution in [0.5, 0.6) is 5.75 Å². The highest BCUT2D eigenvalue weighted by atomic mass is 16.6. The first kappa shape index (κ1) is 20.2. The number of para-hydroxylation sites is 2. The number of rotatable bonds is 4. The molecule has 1 N–H and O–H groups in total. The van der Waals surface area contributed by atoms with Crippen molar-refractivity contribution in [1.29, 1.82) is 0 Å². The average molecular weight is 388 g/mol. The standard InChI is InChI=1S/C21H28N2O5/c1-14(20(25)22-16-9-5-3-4-6-10-16)27-21(26)19-13-23(15(2)24)17-11-7-8-12-18(17)28-19/h7-8,11-12,14,16,19H,3-6,9-10,13H2,1-2H3,(H,22,25)/t14-,19+/m1/s1. The molecule has 0 spiro atoms. The van der Waals surface area contributed by atoms with Gasteiger partial charge in [0.1, 0.15) is 5.75 Å². The minimum atomic E-state index is -0.966. The largest absolute Gasteiger partial charge is 0.475 e. The van der Waals surface area contributed by atoms with Crippen molar-refractivity contribution in [2.24, 2.45) is 0 Å². The third-order valence-electron chi connectivity index (χ3n) is 5.28. The number of anilines is 1. The summed E-state index contributed by atoms with van der Waals surface area (Å²) in [6, 6.07) is 7.18. The first-order chi connectivity index (χ1) is 13.5. The van der Waals surface area contributed by atoms with E-state index in [-0.39, 0.29) is 24.4 Å². The van der Waals surface area contributed by atoms with Crippen LogP contribution in [0.1, 0.15) is 52.4 Å². The molecular weight excluding hydrogens is 360 g/mol. The van der Waals surface area contributed by atoms with Crippen molar-refractivity contribution >= 4 is 23.5 Å². The normalized spacial score (nSPS) is 20.9. The highest BCUT2D eigenvalue weighted by Gasteiger charge is 2.35. The Morgan fingerprint density at radius 1 is 1.14 bits per heavy atom. The van der Waals surface area contributed by atoms with Crippen LogP contribution in [0.3, 0.4) is 0 Å². The first-order valence-electron chi connectivity index (χ1n) is 10.0. The van der Waals surface area contributed by atoms with E-state index in [4.69, 9.17) is 9.47 Å². The monoisotopic (exact) mass is 388 g/mol. The van der Waals surface area contributed by atoms with Crippen LogP contribution >= 0.6 is 0 Å². The summed E-state index contributed by atoms with van der Waals surface area (Å²) in [5.41, 5.74) is 0.623. The van der Waals surface area contributed by atoms with Crippen LogP contribution < -0.4 is 15.0 Å². The van der Waals surface area contributed by atoms with Gasteiger partial charge in [0.25, 0.3) is 5.91 Å². The van der Waals surface area contributed by atoms with E-state index in [9.17, 15) is 14.4 Å². The highest BCUT2D eigenvalue weighted by molar-refractivity contribution is 5.95. The molecule has 0 saturated heterocycles. The van der Waals surface area contributed by atoms with Crippen LogP contribution in [-0.4, -0.2) is 42.6 Å². The molecule has 1 aromatic carbocycles. The van der Waals surface area contributed by atoms with Crippen molar-refractivity contribution in [3.63, 3.8) is 0 Å². The number of carbonyl (C=O) groups excluding carboxylic acids is 3. The Balaban J connectivity index is 1.59. The summed E-state index contributed by atoms with van der Waals surface area (Å²) in [7, 11) is 0. The van der Waals surface area contributed by atoms with Crippen LogP contribution in [0, 0.1) is 0 Å². The predicted octanol–water partition coefficient (Wildman–Crippen LogP) is 2.57. The van der Waals surface area contributed by atoms with Crippen molar-refractivity contribution in [2.75, 3.05) is 11.4 Å². The zero-order valence-electron chi connectivity index (χ0n) is 16.5. The van der Waals surface area contributed by atoms with Gasteiger partial charge in [0.2, 0.25) is 12.0 Å². The number of amides is 2. The summed E-state index contributed by atoms with van der Waals surface area (Å²) >= 11 is 0. The van der Waals surface area contributed by atoms with Gasteiger partial charge in [-0.1, -0.05) is 37.8 Å². The number of benzene rings is 1. The van der Waals surface area contributed by atoms with E-state index in [1.54, 1.807) is 31.2 Å². The summed E-state index contributed by atoms with van der Waals surface area (Å²) in [6.07, 6.45) is 4.65. The fraction of sp³-hybridized carbons (Fsp3) is 0.571. The maximum atomic E-state index is 12.6. The number of fused-ring (bicyclic) bond motifs is 1. The number of ether oxygens (including phenoxy) is 2. The van der Waals surface area contributed by atoms with Gasteiger partial charge < -0.3 is 19.7 Å². The molecule has 2 atom stereocenters. The zero-order valence-corrected chi connectivity index (χ0v) is 16.5. The molecule has 152 valence electrons. The third kappa shape index (κ3) is 4.82. The molecular formula is C21H28N2O5. The van der Waals surface area contributed by atoms with Crippen LogP contribution in [0.15, 0.2) is 24.3 Å². The first-order valence-corrected chi connectivity index (χ1v) is 10.0. The second kappa shape index (κ2) is 9.08. The molecule has 3 rings (SSSR count). The molecule has 2 amide bonds. The van der Waals surface area contributed by atoms with E-state index in [2.05, 4.69) is 5.32 Å². The Hall–Kier alpha value is -2.57. The Bertz CT molecular complexity index is 727. The molecule has 1 aliphatic carbocycles. The molecule has 1 saturated carbocycles. The second-order valence-electron chi connectivity index (χ2n) is 7.48. The SMILES string of the molecule is CC(=O)N1C[C@@H](C(=O)O[C@H](C)C(=O)NC2CCCCCC2)Oc2ccccc21. The smallest absolute Gasteiger partial charge is 0.350 e. The molecule has 0 radical (unpaired) electrons. The fourth-order valence-electron chi connectivity index (χ4n) is 3.70. The van der Waals surface area contributed by atoms with Gasteiger partial charge in [0.15, 0.2) is 6.10 Å². The Morgan fingerprint density at radius 3 is 2.50 bits per heavy atom. The number of carbonyl (C=O) groups is 3. The van der Waals surface area contributed by atoms with Gasteiger partial charge in [0.05, 0.1) is 12.2 Å². The molecule has 2 aliphatic rings. The van der Waals surface area contributed by atoms with E-state index >= 15 is 0 Å². The lowest BCUT2D eigenvalue weighted by Crippen LogP contribution is -2.49. The van der Waals surface area contributed by atoms with Crippen molar-refractivity contribution in [3.8, 4) is 5.75 Å². The molecule has 7 nitrogen and oxygen atoms in total. The van der Waals surface area contributed by atoms with E-state index in [1.165, 1.54) is 24.7 Å². The highest BCUT2D eigenvalue weighted by Crippen LogP contribution is 2.33. The summed E-state index contributed by atoms with van der Waals surface area (Å²) < 4.78 is 11.1. The van der Waals surface area contributed by atoms with Crippen molar-refractivity contribution in [3.05, 3.63) is 24.3 Å². The fourth-order valence-corrected chi connectivity index (χ4v) is 3.70. The van der Waals surface area contributed by atoms with Crippen molar-refractivity contribution in [1.82, 2.24) is 5.32 Å². The van der Waals surface area contributed by atoms with Crippen LogP contribution in [0.25, 0.3) is 0 Å². The minimum absolute atomic E-state index is 0.0577. The summed E-state index contributed by atoms with van der Waals surface area (Å²) in [6.45, 7) is 3.05. The number of esters is 1. The molecule has 0 bridgehead atoms. The van der Waals surface area contributed by atoms with Gasteiger partial charge in [-0.25, -0.2) is 4.79 Å². The number of nitrogens with one attached hydrogen (secondary N) is 1. The van der Waals surface area contributed by atoms with Gasteiger partial charge >= 0.3 is 5.97 Å². The zero-order chi connectivity index (χ0) is 20.1. The van der Waals surface area contributed by atoms with Gasteiger partial charge in [0, 0.05) is 13.0 Å². The predicted molar refractivity (Wildman–Crippen MR) is 104 cm³/mol. The van der Waals surface area contributed by atoms with E-state index in [0.29, 0.717) is 11.4 Å². The lowest BCUT2D eigenvalue weighted by molar-refractivity contribution is -0.161. The summed E-state index contributed by atoms with van der Waals surface area (Å²) in [4.78, 5) is 38.4. The summed E-state index contributed by atoms with van der Waals surface area (Å²) in [5, 5.41) is 2.99. The molecule has 28 heavy (non-hydrogen) atoms. The van der Waals surface area contributed by atoms with Crippen LogP contribution in [0.2, 0.25) is 0 Å². The van der Waals surface area contributed by atoms with Gasteiger partial charge in [-0.15, -0.1) is 0 Å². The number of nitrogens with zero attached hydrogens (tertiary/aromatic N) is 1. The number of hydrogen-bond donors (Lipinski definition) is 1.